The number of hydrogen-bond donors (Lipinski definition) is 4. The van der Waals surface area contributed by atoms with E-state index in [1.807, 2.05) is 30.3 Å². The fraction of sp³-hybridized carbons (Fsp3) is 0.111. The number of nitrogens with two attached hydrogens (primary N) is 2. The number of nitrogen functional groups attached to an aromatic ring is 1. The second-order valence-corrected chi connectivity index (χ2v) is 5.83. The van der Waals surface area contributed by atoms with Gasteiger partial charge < -0.3 is 21.4 Å². The lowest BCUT2D eigenvalue weighted by atomic mass is 9.99. The molecule has 24 heavy (non-hydrogen) atoms. The second-order valence-electron chi connectivity index (χ2n) is 5.83. The van der Waals surface area contributed by atoms with Gasteiger partial charge in [-0.1, -0.05) is 36.4 Å². The molecule has 4 rings (SSSR count). The molecule has 4 aromatic rings. The molecule has 0 atom stereocenters. The highest BCUT2D eigenvalue weighted by atomic mass is 16.1. The summed E-state index contributed by atoms with van der Waals surface area (Å²) in [7, 11) is 0. The smallest absolute Gasteiger partial charge is 0.323 e. The molecule has 0 radical (unpaired) electrons. The van der Waals surface area contributed by atoms with Crippen molar-refractivity contribution in [3.05, 3.63) is 69.6 Å². The van der Waals surface area contributed by atoms with Crippen molar-refractivity contribution in [2.75, 3.05) is 5.73 Å². The average Bonchev–Trinajstić information content (AvgIpc) is 2.98. The van der Waals surface area contributed by atoms with Crippen LogP contribution < -0.4 is 17.2 Å². The molecule has 0 fully saturated rings. The van der Waals surface area contributed by atoms with Crippen LogP contribution in [0.25, 0.3) is 21.9 Å². The first-order valence-electron chi connectivity index (χ1n) is 7.72. The zero-order valence-corrected chi connectivity index (χ0v) is 13.0. The van der Waals surface area contributed by atoms with Gasteiger partial charge in [0.15, 0.2) is 0 Å². The molecule has 6 heteroatoms. The zero-order valence-electron chi connectivity index (χ0n) is 13.0. The number of benzene rings is 2. The Labute approximate surface area is 137 Å². The van der Waals surface area contributed by atoms with Crippen LogP contribution in [0.3, 0.4) is 0 Å². The van der Waals surface area contributed by atoms with Crippen LogP contribution in [-0.4, -0.2) is 15.0 Å². The third-order valence-electron chi connectivity index (χ3n) is 4.26. The van der Waals surface area contributed by atoms with Crippen molar-refractivity contribution in [3.8, 4) is 0 Å². The third-order valence-corrected chi connectivity index (χ3v) is 4.26. The fourth-order valence-corrected chi connectivity index (χ4v) is 3.08. The Morgan fingerprint density at radius 2 is 1.67 bits per heavy atom. The number of aromatic amines is 2. The predicted octanol–water partition coefficient (Wildman–Crippen LogP) is 2.04. The minimum absolute atomic E-state index is 0.284. The second kappa shape index (κ2) is 5.50. The number of rotatable bonds is 3. The van der Waals surface area contributed by atoms with Gasteiger partial charge in [0.1, 0.15) is 11.3 Å². The Balaban J connectivity index is 1.91. The highest BCUT2D eigenvalue weighted by Gasteiger charge is 2.13. The van der Waals surface area contributed by atoms with E-state index >= 15 is 0 Å². The van der Waals surface area contributed by atoms with Gasteiger partial charge in [0, 0.05) is 11.9 Å². The molecule has 0 bridgehead atoms. The normalized spacial score (nSPS) is 11.4. The Morgan fingerprint density at radius 1 is 0.958 bits per heavy atom. The van der Waals surface area contributed by atoms with Gasteiger partial charge in [-0.2, -0.15) is 0 Å². The summed E-state index contributed by atoms with van der Waals surface area (Å²) >= 11 is 0. The van der Waals surface area contributed by atoms with E-state index in [2.05, 4.69) is 27.1 Å². The lowest BCUT2D eigenvalue weighted by Crippen LogP contribution is -1.99. The predicted molar refractivity (Wildman–Crippen MR) is 95.8 cm³/mol. The molecule has 0 aliphatic heterocycles. The quantitative estimate of drug-likeness (QED) is 0.462. The van der Waals surface area contributed by atoms with E-state index in [-0.39, 0.29) is 5.69 Å². The largest absolute Gasteiger partial charge is 0.382 e. The fourth-order valence-electron chi connectivity index (χ4n) is 3.08. The molecule has 0 aliphatic rings. The maximum absolute atomic E-state index is 11.7. The number of nitrogens with zero attached hydrogens (tertiary/aromatic N) is 1. The Morgan fingerprint density at radius 3 is 2.42 bits per heavy atom. The van der Waals surface area contributed by atoms with E-state index in [0.29, 0.717) is 23.4 Å². The van der Waals surface area contributed by atoms with Crippen molar-refractivity contribution in [2.24, 2.45) is 5.73 Å². The van der Waals surface area contributed by atoms with Gasteiger partial charge in [0.2, 0.25) is 0 Å². The molecule has 0 spiro atoms. The van der Waals surface area contributed by atoms with Gasteiger partial charge in [-0.15, -0.1) is 0 Å². The van der Waals surface area contributed by atoms with Gasteiger partial charge in [-0.05, 0) is 29.2 Å². The van der Waals surface area contributed by atoms with Crippen LogP contribution in [0.15, 0.2) is 47.3 Å². The van der Waals surface area contributed by atoms with Gasteiger partial charge in [0.05, 0.1) is 11.0 Å². The summed E-state index contributed by atoms with van der Waals surface area (Å²) in [4.78, 5) is 21.7. The molecule has 2 heterocycles. The minimum atomic E-state index is -0.284. The van der Waals surface area contributed by atoms with Crippen LogP contribution >= 0.6 is 0 Å². The molecule has 6 nitrogen and oxygen atoms in total. The van der Waals surface area contributed by atoms with Crippen molar-refractivity contribution in [3.63, 3.8) is 0 Å². The van der Waals surface area contributed by atoms with Crippen molar-refractivity contribution in [1.29, 1.82) is 0 Å². The summed E-state index contributed by atoms with van der Waals surface area (Å²) in [6, 6.07) is 14.1. The monoisotopic (exact) mass is 319 g/mol. The van der Waals surface area contributed by atoms with Crippen LogP contribution in [0, 0.1) is 0 Å². The molecule has 120 valence electrons. The van der Waals surface area contributed by atoms with E-state index in [0.717, 1.165) is 28.5 Å². The molecule has 6 N–H and O–H groups in total. The van der Waals surface area contributed by atoms with Crippen LogP contribution in [0.2, 0.25) is 0 Å². The van der Waals surface area contributed by atoms with E-state index in [1.54, 1.807) is 0 Å². The Bertz CT molecular complexity index is 1090. The molecule has 0 saturated carbocycles. The number of H-pyrrole nitrogens is 2. The molecule has 0 aliphatic carbocycles. The number of imidazole rings is 1. The topological polar surface area (TPSA) is 114 Å². The number of aromatic nitrogens is 3. The molecule has 0 unspecified atom stereocenters. The number of hydrogen-bond acceptors (Lipinski definition) is 4. The molecule has 2 aromatic heterocycles. The number of fused-ring (bicyclic) bond motifs is 3. The van der Waals surface area contributed by atoms with E-state index in [1.165, 1.54) is 5.56 Å². The van der Waals surface area contributed by atoms with Gasteiger partial charge in [-0.3, -0.25) is 0 Å². The van der Waals surface area contributed by atoms with Crippen LogP contribution in [-0.2, 0) is 13.0 Å². The van der Waals surface area contributed by atoms with E-state index < -0.39 is 0 Å². The van der Waals surface area contributed by atoms with Crippen molar-refractivity contribution in [1.82, 2.24) is 15.0 Å². The average molecular weight is 319 g/mol. The summed E-state index contributed by atoms with van der Waals surface area (Å²) in [5.41, 5.74) is 16.7. The number of pyridine rings is 1. The van der Waals surface area contributed by atoms with Gasteiger partial charge in [-0.25, -0.2) is 9.78 Å². The first-order chi connectivity index (χ1) is 11.7. The van der Waals surface area contributed by atoms with E-state index in [9.17, 15) is 4.79 Å². The lowest BCUT2D eigenvalue weighted by Gasteiger charge is -2.09. The minimum Gasteiger partial charge on any atom is -0.382 e. The molecular weight excluding hydrogens is 302 g/mol. The van der Waals surface area contributed by atoms with E-state index in [4.69, 9.17) is 11.5 Å². The van der Waals surface area contributed by atoms with Crippen molar-refractivity contribution < 1.29 is 0 Å². The lowest BCUT2D eigenvalue weighted by molar-refractivity contribution is 1.06. The Hall–Kier alpha value is -3.12. The summed E-state index contributed by atoms with van der Waals surface area (Å²) in [6.07, 6.45) is 0.732. The summed E-state index contributed by atoms with van der Waals surface area (Å²) < 4.78 is 0. The first kappa shape index (κ1) is 14.5. The van der Waals surface area contributed by atoms with Gasteiger partial charge in [0.25, 0.3) is 0 Å². The van der Waals surface area contributed by atoms with Gasteiger partial charge >= 0.3 is 5.69 Å². The summed E-state index contributed by atoms with van der Waals surface area (Å²) in [5.74, 6) is 0.320. The van der Waals surface area contributed by atoms with Crippen molar-refractivity contribution in [2.45, 2.75) is 13.0 Å². The standard InChI is InChI=1S/C18H17N5O/c19-9-11-6-4-10(5-7-11)8-12-2-1-3-13-14(12)15-16(17(20)21-13)23-18(24)22-15/h1-7H,8-9,19H2,(H2,20,21)(H2,22,23,24). The zero-order chi connectivity index (χ0) is 16.7. The molecule has 2 aromatic carbocycles. The third kappa shape index (κ3) is 2.33. The first-order valence-corrected chi connectivity index (χ1v) is 7.72. The SMILES string of the molecule is NCc1ccc(Cc2cccc3nc(N)c4[nH]c(=O)[nH]c4c23)cc1. The maximum Gasteiger partial charge on any atom is 0.323 e. The van der Waals surface area contributed by atoms with Crippen LogP contribution in [0.1, 0.15) is 16.7 Å². The van der Waals surface area contributed by atoms with Crippen LogP contribution in [0.4, 0.5) is 5.82 Å². The molecular formula is C18H17N5O. The Kier molecular flexibility index (Phi) is 3.32. The highest BCUT2D eigenvalue weighted by molar-refractivity contribution is 6.07. The van der Waals surface area contributed by atoms with Crippen LogP contribution in [0.5, 0.6) is 0 Å². The van der Waals surface area contributed by atoms with Crippen molar-refractivity contribution >= 4 is 27.8 Å². The summed E-state index contributed by atoms with van der Waals surface area (Å²) in [6.45, 7) is 0.531. The number of nitrogens with one attached hydrogen (secondary N) is 2. The summed E-state index contributed by atoms with van der Waals surface area (Å²) in [5, 5.41) is 0.919. The number of anilines is 1. The maximum atomic E-state index is 11.7. The highest BCUT2D eigenvalue weighted by Crippen LogP contribution is 2.28. The molecule has 0 saturated heterocycles. The molecule has 0 amide bonds.